The fraction of sp³-hybridized carbons (Fsp3) is 0.538. The lowest BCUT2D eigenvalue weighted by Gasteiger charge is -2.29. The van der Waals surface area contributed by atoms with Crippen LogP contribution in [0.25, 0.3) is 0 Å². The minimum atomic E-state index is 0.236. The highest BCUT2D eigenvalue weighted by molar-refractivity contribution is 5.29. The van der Waals surface area contributed by atoms with Crippen LogP contribution in [-0.4, -0.2) is 42.8 Å². The zero-order valence-corrected chi connectivity index (χ0v) is 9.82. The summed E-state index contributed by atoms with van der Waals surface area (Å²) in [7, 11) is 2.05. The molecule has 0 aromatic heterocycles. The molecule has 1 aromatic carbocycles. The molecule has 2 N–H and O–H groups in total. The summed E-state index contributed by atoms with van der Waals surface area (Å²) in [6.07, 6.45) is 1.09. The molecule has 1 aliphatic rings. The van der Waals surface area contributed by atoms with Gasteiger partial charge in [0.1, 0.15) is 0 Å². The van der Waals surface area contributed by atoms with E-state index in [0.29, 0.717) is 6.04 Å². The number of rotatable bonds is 4. The third-order valence-corrected chi connectivity index (χ3v) is 3.18. The largest absolute Gasteiger partial charge is 0.395 e. The smallest absolute Gasteiger partial charge is 0.0558 e. The number of fused-ring (bicyclic) bond motifs is 1. The minimum absolute atomic E-state index is 0.236. The van der Waals surface area contributed by atoms with Gasteiger partial charge < -0.3 is 15.3 Å². The molecule has 2 rings (SSSR count). The molecule has 0 radical (unpaired) electrons. The second kappa shape index (κ2) is 5.43. The highest BCUT2D eigenvalue weighted by Gasteiger charge is 2.18. The Labute approximate surface area is 97.1 Å². The molecular weight excluding hydrogens is 200 g/mol. The first-order chi connectivity index (χ1) is 7.79. The summed E-state index contributed by atoms with van der Waals surface area (Å²) >= 11 is 0. The van der Waals surface area contributed by atoms with E-state index in [2.05, 4.69) is 41.5 Å². The Morgan fingerprint density at radius 1 is 1.38 bits per heavy atom. The third kappa shape index (κ3) is 2.82. The topological polar surface area (TPSA) is 35.5 Å². The second-order valence-corrected chi connectivity index (χ2v) is 4.54. The van der Waals surface area contributed by atoms with Crippen molar-refractivity contribution in [1.82, 2.24) is 10.2 Å². The summed E-state index contributed by atoms with van der Waals surface area (Å²) in [5.74, 6) is 0. The van der Waals surface area contributed by atoms with Gasteiger partial charge in [-0.1, -0.05) is 24.3 Å². The first kappa shape index (κ1) is 11.6. The van der Waals surface area contributed by atoms with Gasteiger partial charge in [-0.3, -0.25) is 0 Å². The van der Waals surface area contributed by atoms with Crippen LogP contribution >= 0.6 is 0 Å². The standard InChI is InChI=1S/C13H20N2O/c1-15(6-7-16)10-13-8-11-4-2-3-5-12(11)9-14-13/h2-5,13-14,16H,6-10H2,1H3. The van der Waals surface area contributed by atoms with Crippen molar-refractivity contribution in [2.75, 3.05) is 26.7 Å². The fourth-order valence-corrected chi connectivity index (χ4v) is 2.29. The van der Waals surface area contributed by atoms with Crippen molar-refractivity contribution >= 4 is 0 Å². The van der Waals surface area contributed by atoms with Crippen LogP contribution in [-0.2, 0) is 13.0 Å². The average molecular weight is 220 g/mol. The molecule has 0 bridgehead atoms. The number of hydrogen-bond acceptors (Lipinski definition) is 3. The van der Waals surface area contributed by atoms with Crippen molar-refractivity contribution in [1.29, 1.82) is 0 Å². The van der Waals surface area contributed by atoms with Crippen LogP contribution in [0.3, 0.4) is 0 Å². The molecule has 3 heteroatoms. The van der Waals surface area contributed by atoms with Crippen molar-refractivity contribution in [3.05, 3.63) is 35.4 Å². The van der Waals surface area contributed by atoms with Crippen LogP contribution in [0.5, 0.6) is 0 Å². The predicted octanol–water partition coefficient (Wildman–Crippen LogP) is 0.625. The number of nitrogens with zero attached hydrogens (tertiary/aromatic N) is 1. The van der Waals surface area contributed by atoms with E-state index >= 15 is 0 Å². The molecule has 0 fully saturated rings. The van der Waals surface area contributed by atoms with Crippen LogP contribution in [0.15, 0.2) is 24.3 Å². The van der Waals surface area contributed by atoms with Crippen LogP contribution in [0.2, 0.25) is 0 Å². The summed E-state index contributed by atoms with van der Waals surface area (Å²) in [4.78, 5) is 2.17. The van der Waals surface area contributed by atoms with E-state index in [4.69, 9.17) is 5.11 Å². The Bertz CT molecular complexity index is 340. The highest BCUT2D eigenvalue weighted by Crippen LogP contribution is 2.16. The number of aliphatic hydroxyl groups is 1. The normalized spacial score (nSPS) is 19.8. The maximum absolute atomic E-state index is 8.86. The molecule has 1 heterocycles. The highest BCUT2D eigenvalue weighted by atomic mass is 16.3. The number of benzene rings is 1. The first-order valence-electron chi connectivity index (χ1n) is 5.89. The van der Waals surface area contributed by atoms with E-state index in [1.165, 1.54) is 11.1 Å². The summed E-state index contributed by atoms with van der Waals surface area (Å²) in [6.45, 7) is 2.95. The summed E-state index contributed by atoms with van der Waals surface area (Å²) in [5, 5.41) is 12.4. The lowest BCUT2D eigenvalue weighted by Crippen LogP contribution is -2.44. The summed E-state index contributed by atoms with van der Waals surface area (Å²) < 4.78 is 0. The Kier molecular flexibility index (Phi) is 3.93. The monoisotopic (exact) mass is 220 g/mol. The number of likely N-dealkylation sites (N-methyl/N-ethyl adjacent to an activating group) is 1. The zero-order valence-electron chi connectivity index (χ0n) is 9.82. The van der Waals surface area contributed by atoms with Gasteiger partial charge in [0.15, 0.2) is 0 Å². The Morgan fingerprint density at radius 2 is 2.12 bits per heavy atom. The molecule has 0 spiro atoms. The molecule has 1 aromatic rings. The van der Waals surface area contributed by atoms with Gasteiger partial charge >= 0.3 is 0 Å². The van der Waals surface area contributed by atoms with Crippen LogP contribution in [0.1, 0.15) is 11.1 Å². The van der Waals surface area contributed by atoms with E-state index in [1.807, 2.05) is 0 Å². The summed E-state index contributed by atoms with van der Waals surface area (Å²) in [6, 6.07) is 9.12. The Morgan fingerprint density at radius 3 is 2.88 bits per heavy atom. The molecule has 1 unspecified atom stereocenters. The van der Waals surface area contributed by atoms with Crippen molar-refractivity contribution in [2.24, 2.45) is 0 Å². The maximum Gasteiger partial charge on any atom is 0.0558 e. The number of nitrogens with one attached hydrogen (secondary N) is 1. The van der Waals surface area contributed by atoms with Crippen molar-refractivity contribution in [2.45, 2.75) is 19.0 Å². The lowest BCUT2D eigenvalue weighted by molar-refractivity contribution is 0.205. The minimum Gasteiger partial charge on any atom is -0.395 e. The van der Waals surface area contributed by atoms with Gasteiger partial charge in [0.2, 0.25) is 0 Å². The predicted molar refractivity (Wildman–Crippen MR) is 65.4 cm³/mol. The Balaban J connectivity index is 1.92. The average Bonchev–Trinajstić information content (AvgIpc) is 2.29. The van der Waals surface area contributed by atoms with Gasteiger partial charge in [0.05, 0.1) is 6.61 Å². The van der Waals surface area contributed by atoms with Gasteiger partial charge in [-0.15, -0.1) is 0 Å². The molecular formula is C13H20N2O. The van der Waals surface area contributed by atoms with E-state index in [9.17, 15) is 0 Å². The van der Waals surface area contributed by atoms with Crippen LogP contribution < -0.4 is 5.32 Å². The van der Waals surface area contributed by atoms with Gasteiger partial charge in [0.25, 0.3) is 0 Å². The van der Waals surface area contributed by atoms with E-state index in [0.717, 1.165) is 26.1 Å². The Hall–Kier alpha value is -0.900. The van der Waals surface area contributed by atoms with Gasteiger partial charge in [-0.25, -0.2) is 0 Å². The molecule has 3 nitrogen and oxygen atoms in total. The second-order valence-electron chi connectivity index (χ2n) is 4.54. The molecule has 0 saturated heterocycles. The molecule has 0 amide bonds. The van der Waals surface area contributed by atoms with Gasteiger partial charge in [-0.2, -0.15) is 0 Å². The van der Waals surface area contributed by atoms with Gasteiger partial charge in [0, 0.05) is 25.7 Å². The first-order valence-corrected chi connectivity index (χ1v) is 5.89. The molecule has 0 aliphatic carbocycles. The number of hydrogen-bond donors (Lipinski definition) is 2. The molecule has 1 aliphatic heterocycles. The van der Waals surface area contributed by atoms with Crippen molar-refractivity contribution < 1.29 is 5.11 Å². The van der Waals surface area contributed by atoms with Crippen molar-refractivity contribution in [3.8, 4) is 0 Å². The van der Waals surface area contributed by atoms with Crippen LogP contribution in [0.4, 0.5) is 0 Å². The van der Waals surface area contributed by atoms with Gasteiger partial charge in [-0.05, 0) is 24.6 Å². The van der Waals surface area contributed by atoms with Crippen molar-refractivity contribution in [3.63, 3.8) is 0 Å². The summed E-state index contributed by atoms with van der Waals surface area (Å²) in [5.41, 5.74) is 2.88. The quantitative estimate of drug-likeness (QED) is 0.781. The van der Waals surface area contributed by atoms with E-state index < -0.39 is 0 Å². The molecule has 1 atom stereocenters. The SMILES string of the molecule is CN(CCO)CC1Cc2ccccc2CN1. The number of aliphatic hydroxyl groups excluding tert-OH is 1. The third-order valence-electron chi connectivity index (χ3n) is 3.18. The van der Waals surface area contributed by atoms with E-state index in [-0.39, 0.29) is 6.61 Å². The lowest BCUT2D eigenvalue weighted by atomic mass is 9.96. The van der Waals surface area contributed by atoms with Crippen LogP contribution in [0, 0.1) is 0 Å². The molecule has 88 valence electrons. The molecule has 16 heavy (non-hydrogen) atoms. The zero-order chi connectivity index (χ0) is 11.4. The maximum atomic E-state index is 8.86. The van der Waals surface area contributed by atoms with E-state index in [1.54, 1.807) is 0 Å². The molecule has 0 saturated carbocycles. The fourth-order valence-electron chi connectivity index (χ4n) is 2.29.